The topological polar surface area (TPSA) is 82.3 Å². The van der Waals surface area contributed by atoms with Crippen LogP contribution in [0.25, 0.3) is 0 Å². The van der Waals surface area contributed by atoms with Gasteiger partial charge < -0.3 is 15.2 Å². The number of amides is 1. The number of aliphatic hydroxyl groups excluding tert-OH is 1. The van der Waals surface area contributed by atoms with Crippen LogP contribution in [-0.4, -0.2) is 29.3 Å². The highest BCUT2D eigenvalue weighted by Gasteiger charge is 2.30. The van der Waals surface area contributed by atoms with Crippen molar-refractivity contribution < 1.29 is 14.6 Å². The Hall–Kier alpha value is -2.06. The lowest BCUT2D eigenvalue weighted by atomic mass is 10.1. The molecule has 5 heteroatoms. The summed E-state index contributed by atoms with van der Waals surface area (Å²) in [6, 6.07) is 8.64. The van der Waals surface area contributed by atoms with Crippen molar-refractivity contribution in [2.24, 2.45) is 0 Å². The third-order valence-electron chi connectivity index (χ3n) is 3.08. The van der Waals surface area contributed by atoms with E-state index in [0.29, 0.717) is 17.7 Å². The normalized spacial score (nSPS) is 12.3. The first-order chi connectivity index (χ1) is 9.89. The average molecular weight is 290 g/mol. The van der Waals surface area contributed by atoms with Crippen LogP contribution in [0.4, 0.5) is 0 Å². The van der Waals surface area contributed by atoms with Crippen molar-refractivity contribution in [1.82, 2.24) is 5.32 Å². The molecule has 1 unspecified atom stereocenters. The molecule has 1 aromatic carbocycles. The maximum Gasteiger partial charge on any atom is 0.263 e. The quantitative estimate of drug-likeness (QED) is 0.804. The molecule has 0 aromatic heterocycles. The monoisotopic (exact) mass is 290 g/mol. The first kappa shape index (κ1) is 17.0. The zero-order valence-electron chi connectivity index (χ0n) is 12.7. The number of hydrogen-bond acceptors (Lipinski definition) is 4. The minimum atomic E-state index is -1.01. The van der Waals surface area contributed by atoms with Gasteiger partial charge in [0.2, 0.25) is 0 Å². The van der Waals surface area contributed by atoms with Crippen LogP contribution in [0.2, 0.25) is 0 Å². The summed E-state index contributed by atoms with van der Waals surface area (Å²) in [5.74, 6) is 0.328. The fourth-order valence-electron chi connectivity index (χ4n) is 1.81. The lowest BCUT2D eigenvalue weighted by Gasteiger charge is -2.27. The third-order valence-corrected chi connectivity index (χ3v) is 3.08. The first-order valence-electron chi connectivity index (χ1n) is 7.00. The van der Waals surface area contributed by atoms with E-state index in [9.17, 15) is 4.79 Å². The van der Waals surface area contributed by atoms with Crippen molar-refractivity contribution in [1.29, 1.82) is 5.26 Å². The van der Waals surface area contributed by atoms with Crippen molar-refractivity contribution >= 4 is 5.91 Å². The molecule has 1 aromatic rings. The Labute approximate surface area is 125 Å². The first-order valence-corrected chi connectivity index (χ1v) is 7.00. The average Bonchev–Trinajstić information content (AvgIpc) is 2.45. The number of nitriles is 1. The van der Waals surface area contributed by atoms with E-state index in [1.807, 2.05) is 13.0 Å². The number of nitrogens with zero attached hydrogens (tertiary/aromatic N) is 1. The maximum atomic E-state index is 12.2. The van der Waals surface area contributed by atoms with E-state index in [-0.39, 0.29) is 18.6 Å². The van der Waals surface area contributed by atoms with Gasteiger partial charge in [-0.15, -0.1) is 0 Å². The Morgan fingerprint density at radius 3 is 2.57 bits per heavy atom. The lowest BCUT2D eigenvalue weighted by Crippen LogP contribution is -2.49. The van der Waals surface area contributed by atoms with Gasteiger partial charge in [-0.1, -0.05) is 0 Å². The highest BCUT2D eigenvalue weighted by molar-refractivity contribution is 5.84. The van der Waals surface area contributed by atoms with Crippen molar-refractivity contribution in [2.75, 3.05) is 6.61 Å². The Morgan fingerprint density at radius 1 is 1.43 bits per heavy atom. The number of carbonyl (C=O) groups is 1. The van der Waals surface area contributed by atoms with Gasteiger partial charge in [-0.05, 0) is 57.9 Å². The van der Waals surface area contributed by atoms with Crippen molar-refractivity contribution in [3.63, 3.8) is 0 Å². The molecule has 0 aliphatic rings. The molecule has 114 valence electrons. The molecular weight excluding hydrogens is 268 g/mol. The van der Waals surface area contributed by atoms with Gasteiger partial charge in [-0.25, -0.2) is 0 Å². The molecule has 0 saturated heterocycles. The Balaban J connectivity index is 2.62. The van der Waals surface area contributed by atoms with Crippen LogP contribution in [0, 0.1) is 11.3 Å². The summed E-state index contributed by atoms with van der Waals surface area (Å²) in [6.07, 6.45) is 1.37. The van der Waals surface area contributed by atoms with Gasteiger partial charge in [0.25, 0.3) is 5.91 Å². The lowest BCUT2D eigenvalue weighted by molar-refractivity contribution is -0.134. The molecule has 0 fully saturated rings. The molecule has 0 aliphatic heterocycles. The number of nitrogens with one attached hydrogen (secondary N) is 1. The smallest absolute Gasteiger partial charge is 0.263 e. The van der Waals surface area contributed by atoms with E-state index in [2.05, 4.69) is 5.32 Å². The van der Waals surface area contributed by atoms with Crippen LogP contribution in [0.15, 0.2) is 24.3 Å². The standard InChI is InChI=1S/C16H22N2O3/c1-12(5-4-10-19)18-15(20)16(2,3)21-14-8-6-13(11-17)7-9-14/h6-9,12,19H,4-5,10H2,1-3H3,(H,18,20). The fraction of sp³-hybridized carbons (Fsp3) is 0.500. The van der Waals surface area contributed by atoms with E-state index in [4.69, 9.17) is 15.1 Å². The van der Waals surface area contributed by atoms with Gasteiger partial charge in [-0.2, -0.15) is 5.26 Å². The van der Waals surface area contributed by atoms with E-state index in [1.54, 1.807) is 38.1 Å². The van der Waals surface area contributed by atoms with Gasteiger partial charge in [0, 0.05) is 12.6 Å². The Bertz CT molecular complexity index is 503. The number of rotatable bonds is 7. The highest BCUT2D eigenvalue weighted by Crippen LogP contribution is 2.19. The van der Waals surface area contributed by atoms with Crippen LogP contribution < -0.4 is 10.1 Å². The minimum Gasteiger partial charge on any atom is -0.478 e. The Morgan fingerprint density at radius 2 is 2.05 bits per heavy atom. The predicted molar refractivity (Wildman–Crippen MR) is 79.8 cm³/mol. The second kappa shape index (κ2) is 7.65. The molecule has 1 amide bonds. The molecule has 21 heavy (non-hydrogen) atoms. The SMILES string of the molecule is CC(CCCO)NC(=O)C(C)(C)Oc1ccc(C#N)cc1. The molecule has 0 spiro atoms. The summed E-state index contributed by atoms with van der Waals surface area (Å²) in [5, 5.41) is 20.4. The predicted octanol–water partition coefficient (Wildman–Crippen LogP) is 1.99. The maximum absolute atomic E-state index is 12.2. The largest absolute Gasteiger partial charge is 0.478 e. The minimum absolute atomic E-state index is 0.0199. The van der Waals surface area contributed by atoms with E-state index >= 15 is 0 Å². The zero-order chi connectivity index (χ0) is 15.9. The van der Waals surface area contributed by atoms with Crippen LogP contribution in [0.5, 0.6) is 5.75 Å². The number of carbonyl (C=O) groups excluding carboxylic acids is 1. The molecular formula is C16H22N2O3. The summed E-state index contributed by atoms with van der Waals surface area (Å²) >= 11 is 0. The molecule has 1 atom stereocenters. The summed E-state index contributed by atoms with van der Waals surface area (Å²) in [5.41, 5.74) is -0.469. The molecule has 2 N–H and O–H groups in total. The second-order valence-corrected chi connectivity index (χ2v) is 5.49. The Kier molecular flexibility index (Phi) is 6.19. The summed E-state index contributed by atoms with van der Waals surface area (Å²) in [6.45, 7) is 5.40. The highest BCUT2D eigenvalue weighted by atomic mass is 16.5. The van der Waals surface area contributed by atoms with Gasteiger partial charge in [0.1, 0.15) is 5.75 Å². The summed E-state index contributed by atoms with van der Waals surface area (Å²) in [7, 11) is 0. The molecule has 0 heterocycles. The molecule has 0 aliphatic carbocycles. The van der Waals surface area contributed by atoms with Gasteiger partial charge in [0.15, 0.2) is 5.60 Å². The van der Waals surface area contributed by atoms with Gasteiger partial charge in [0.05, 0.1) is 11.6 Å². The molecule has 0 bridgehead atoms. The van der Waals surface area contributed by atoms with Gasteiger partial charge >= 0.3 is 0 Å². The summed E-state index contributed by atoms with van der Waals surface area (Å²) in [4.78, 5) is 12.2. The number of ether oxygens (including phenoxy) is 1. The number of hydrogen-bond donors (Lipinski definition) is 2. The van der Waals surface area contributed by atoms with Gasteiger partial charge in [-0.3, -0.25) is 4.79 Å². The summed E-state index contributed by atoms with van der Waals surface area (Å²) < 4.78 is 5.70. The number of aliphatic hydroxyl groups is 1. The number of benzene rings is 1. The van der Waals surface area contributed by atoms with Crippen LogP contribution in [0.3, 0.4) is 0 Å². The second-order valence-electron chi connectivity index (χ2n) is 5.49. The van der Waals surface area contributed by atoms with Crippen molar-refractivity contribution in [2.45, 2.75) is 45.3 Å². The molecule has 1 rings (SSSR count). The van der Waals surface area contributed by atoms with Crippen molar-refractivity contribution in [3.05, 3.63) is 29.8 Å². The zero-order valence-corrected chi connectivity index (χ0v) is 12.7. The van der Waals surface area contributed by atoms with Crippen LogP contribution >= 0.6 is 0 Å². The van der Waals surface area contributed by atoms with E-state index in [0.717, 1.165) is 6.42 Å². The fourth-order valence-corrected chi connectivity index (χ4v) is 1.81. The van der Waals surface area contributed by atoms with E-state index < -0.39 is 5.60 Å². The van der Waals surface area contributed by atoms with E-state index in [1.165, 1.54) is 0 Å². The third kappa shape index (κ3) is 5.44. The van der Waals surface area contributed by atoms with Crippen LogP contribution in [-0.2, 0) is 4.79 Å². The molecule has 5 nitrogen and oxygen atoms in total. The van der Waals surface area contributed by atoms with Crippen LogP contribution in [0.1, 0.15) is 39.2 Å². The van der Waals surface area contributed by atoms with Crippen molar-refractivity contribution in [3.8, 4) is 11.8 Å². The molecule has 0 saturated carbocycles. The molecule has 0 radical (unpaired) electrons.